The van der Waals surface area contributed by atoms with Crippen molar-refractivity contribution in [3.05, 3.63) is 42.0 Å². The number of allylic oxidation sites excluding steroid dienone is 2. The lowest BCUT2D eigenvalue weighted by Crippen LogP contribution is -2.27. The molecule has 0 spiro atoms. The Balaban J connectivity index is 1.84. The van der Waals surface area contributed by atoms with Crippen LogP contribution in [0.4, 0.5) is 0 Å². The minimum absolute atomic E-state index is 0.00619. The number of carboxylic acids is 1. The number of aliphatic hydroxyl groups excluding tert-OH is 1. The van der Waals surface area contributed by atoms with Gasteiger partial charge in [-0.1, -0.05) is 24.3 Å². The summed E-state index contributed by atoms with van der Waals surface area (Å²) in [6, 6.07) is 7.88. The van der Waals surface area contributed by atoms with E-state index in [-0.39, 0.29) is 23.6 Å². The second kappa shape index (κ2) is 9.83. The Hall–Kier alpha value is -1.52. The minimum atomic E-state index is -0.763. The standard InChI is InChI=1S/C20H27ClO4/c1-14-7-6-8-15(11-14)25-13-17-16(18(21)12-19(17)22)9-4-2-3-5-10-20(23)24/h2,4,6-8,11,16-19,22H,3,5,9-10,12-13H2,1H3,(H,23,24)/b4-2-/t16-,17-,18+,19-/m1/s1. The molecule has 1 saturated carbocycles. The predicted molar refractivity (Wildman–Crippen MR) is 99.2 cm³/mol. The summed E-state index contributed by atoms with van der Waals surface area (Å²) >= 11 is 6.43. The summed E-state index contributed by atoms with van der Waals surface area (Å²) in [6.07, 6.45) is 6.56. The molecule has 5 heteroatoms. The molecule has 2 N–H and O–H groups in total. The Morgan fingerprint density at radius 1 is 1.36 bits per heavy atom. The van der Waals surface area contributed by atoms with Crippen LogP contribution in [0, 0.1) is 18.8 Å². The number of benzene rings is 1. The third-order valence-corrected chi connectivity index (χ3v) is 5.25. The molecule has 4 atom stereocenters. The first-order valence-corrected chi connectivity index (χ1v) is 9.29. The summed E-state index contributed by atoms with van der Waals surface area (Å²) in [5.41, 5.74) is 1.14. The Labute approximate surface area is 154 Å². The number of aliphatic hydroxyl groups is 1. The smallest absolute Gasteiger partial charge is 0.303 e. The van der Waals surface area contributed by atoms with Crippen molar-refractivity contribution >= 4 is 17.6 Å². The summed E-state index contributed by atoms with van der Waals surface area (Å²) in [4.78, 5) is 10.5. The van der Waals surface area contributed by atoms with Crippen LogP contribution in [0.5, 0.6) is 5.75 Å². The highest BCUT2D eigenvalue weighted by Gasteiger charge is 2.41. The highest BCUT2D eigenvalue weighted by atomic mass is 35.5. The maximum absolute atomic E-state index is 10.5. The number of hydrogen-bond donors (Lipinski definition) is 2. The Kier molecular flexibility index (Phi) is 7.79. The van der Waals surface area contributed by atoms with Crippen molar-refractivity contribution in [2.45, 2.75) is 50.5 Å². The number of rotatable bonds is 9. The van der Waals surface area contributed by atoms with Gasteiger partial charge < -0.3 is 14.9 Å². The lowest BCUT2D eigenvalue weighted by Gasteiger charge is -2.22. The van der Waals surface area contributed by atoms with Crippen LogP contribution in [0.1, 0.15) is 37.7 Å². The summed E-state index contributed by atoms with van der Waals surface area (Å²) in [7, 11) is 0. The van der Waals surface area contributed by atoms with Gasteiger partial charge in [-0.05, 0) is 56.2 Å². The molecule has 0 radical (unpaired) electrons. The third-order valence-electron chi connectivity index (χ3n) is 4.74. The molecule has 0 amide bonds. The Bertz CT molecular complexity index is 587. The molecule has 1 aliphatic carbocycles. The summed E-state index contributed by atoms with van der Waals surface area (Å²) < 4.78 is 5.88. The topological polar surface area (TPSA) is 66.8 Å². The first-order valence-electron chi connectivity index (χ1n) is 8.85. The third kappa shape index (κ3) is 6.37. The van der Waals surface area contributed by atoms with Crippen LogP contribution in [0.25, 0.3) is 0 Å². The van der Waals surface area contributed by atoms with E-state index in [0.717, 1.165) is 24.2 Å². The number of carboxylic acid groups (broad SMARTS) is 1. The van der Waals surface area contributed by atoms with E-state index in [1.165, 1.54) is 0 Å². The lowest BCUT2D eigenvalue weighted by molar-refractivity contribution is -0.137. The maximum Gasteiger partial charge on any atom is 0.303 e. The summed E-state index contributed by atoms with van der Waals surface area (Å²) in [5, 5.41) is 18.9. The molecule has 0 aliphatic heterocycles. The fourth-order valence-electron chi connectivity index (χ4n) is 3.33. The highest BCUT2D eigenvalue weighted by molar-refractivity contribution is 6.21. The van der Waals surface area contributed by atoms with Gasteiger partial charge in [0.25, 0.3) is 0 Å². The van der Waals surface area contributed by atoms with Gasteiger partial charge in [0, 0.05) is 17.7 Å². The van der Waals surface area contributed by atoms with Gasteiger partial charge in [-0.3, -0.25) is 4.79 Å². The molecule has 1 aromatic rings. The highest BCUT2D eigenvalue weighted by Crippen LogP contribution is 2.39. The molecule has 0 aromatic heterocycles. The fourth-order valence-corrected chi connectivity index (χ4v) is 3.80. The molecular weight excluding hydrogens is 340 g/mol. The number of carbonyl (C=O) groups is 1. The van der Waals surface area contributed by atoms with Crippen molar-refractivity contribution in [3.8, 4) is 5.75 Å². The number of ether oxygens (including phenoxy) is 1. The van der Waals surface area contributed by atoms with Gasteiger partial charge in [0.15, 0.2) is 0 Å². The predicted octanol–water partition coefficient (Wildman–Crippen LogP) is 4.18. The summed E-state index contributed by atoms with van der Waals surface area (Å²) in [5.74, 6) is 0.221. The van der Waals surface area contributed by atoms with Gasteiger partial charge in [-0.2, -0.15) is 0 Å². The number of hydrogen-bond acceptors (Lipinski definition) is 3. The molecule has 0 bridgehead atoms. The van der Waals surface area contributed by atoms with Crippen LogP contribution in [-0.4, -0.2) is 34.3 Å². The molecule has 2 rings (SSSR count). The van der Waals surface area contributed by atoms with E-state index in [9.17, 15) is 9.90 Å². The fraction of sp³-hybridized carbons (Fsp3) is 0.550. The van der Waals surface area contributed by atoms with Crippen molar-refractivity contribution < 1.29 is 19.7 Å². The van der Waals surface area contributed by atoms with Gasteiger partial charge in [-0.25, -0.2) is 0 Å². The first kappa shape index (κ1) is 19.8. The van der Waals surface area contributed by atoms with Crippen LogP contribution in [-0.2, 0) is 4.79 Å². The molecule has 1 aromatic carbocycles. The van der Waals surface area contributed by atoms with Crippen LogP contribution in [0.3, 0.4) is 0 Å². The lowest BCUT2D eigenvalue weighted by atomic mass is 9.92. The van der Waals surface area contributed by atoms with Gasteiger partial charge in [0.2, 0.25) is 0 Å². The average molecular weight is 367 g/mol. The van der Waals surface area contributed by atoms with E-state index in [1.807, 2.05) is 37.3 Å². The SMILES string of the molecule is Cc1cccc(OC[C@@H]2[C@@H](C/C=C\CCCC(=O)O)[C@@H](Cl)C[C@H]2O)c1. The van der Waals surface area contributed by atoms with Gasteiger partial charge >= 0.3 is 5.97 Å². The first-order chi connectivity index (χ1) is 12.0. The molecule has 0 unspecified atom stereocenters. The van der Waals surface area contributed by atoms with Crippen molar-refractivity contribution in [1.29, 1.82) is 0 Å². The van der Waals surface area contributed by atoms with Gasteiger partial charge in [0.1, 0.15) is 5.75 Å². The van der Waals surface area contributed by atoms with E-state index in [0.29, 0.717) is 19.4 Å². The zero-order chi connectivity index (χ0) is 18.2. The molecule has 138 valence electrons. The van der Waals surface area contributed by atoms with E-state index in [1.54, 1.807) is 0 Å². The van der Waals surface area contributed by atoms with Crippen LogP contribution in [0.15, 0.2) is 36.4 Å². The number of aliphatic carboxylic acids is 1. The van der Waals surface area contributed by atoms with Gasteiger partial charge in [-0.15, -0.1) is 11.6 Å². The van der Waals surface area contributed by atoms with Crippen molar-refractivity contribution in [3.63, 3.8) is 0 Å². The average Bonchev–Trinajstić information content (AvgIpc) is 2.82. The van der Waals surface area contributed by atoms with Crippen LogP contribution in [0.2, 0.25) is 0 Å². The monoisotopic (exact) mass is 366 g/mol. The second-order valence-corrected chi connectivity index (χ2v) is 7.33. The number of halogens is 1. The minimum Gasteiger partial charge on any atom is -0.493 e. The van der Waals surface area contributed by atoms with E-state index in [2.05, 4.69) is 6.08 Å². The van der Waals surface area contributed by atoms with E-state index < -0.39 is 12.1 Å². The zero-order valence-electron chi connectivity index (χ0n) is 14.6. The molecule has 25 heavy (non-hydrogen) atoms. The molecule has 1 fully saturated rings. The molecule has 0 heterocycles. The number of unbranched alkanes of at least 4 members (excludes halogenated alkanes) is 1. The van der Waals surface area contributed by atoms with Crippen molar-refractivity contribution in [1.82, 2.24) is 0 Å². The van der Waals surface area contributed by atoms with Crippen LogP contribution < -0.4 is 4.74 Å². The van der Waals surface area contributed by atoms with Crippen molar-refractivity contribution in [2.24, 2.45) is 11.8 Å². The normalized spacial score (nSPS) is 26.2. The quantitative estimate of drug-likeness (QED) is 0.391. The molecular formula is C20H27ClO4. The van der Waals surface area contributed by atoms with Crippen molar-refractivity contribution in [2.75, 3.05) is 6.61 Å². The Morgan fingerprint density at radius 2 is 2.16 bits per heavy atom. The number of aryl methyl sites for hydroxylation is 1. The second-order valence-electron chi connectivity index (χ2n) is 6.77. The maximum atomic E-state index is 10.5. The van der Waals surface area contributed by atoms with E-state index >= 15 is 0 Å². The van der Waals surface area contributed by atoms with Gasteiger partial charge in [0.05, 0.1) is 12.7 Å². The zero-order valence-corrected chi connectivity index (χ0v) is 15.4. The Morgan fingerprint density at radius 3 is 2.88 bits per heavy atom. The molecule has 0 saturated heterocycles. The van der Waals surface area contributed by atoms with Crippen LogP contribution >= 0.6 is 11.6 Å². The molecule has 1 aliphatic rings. The molecule has 4 nitrogen and oxygen atoms in total. The summed E-state index contributed by atoms with van der Waals surface area (Å²) in [6.45, 7) is 2.47. The van der Waals surface area contributed by atoms with E-state index in [4.69, 9.17) is 21.4 Å². The number of alkyl halides is 1. The largest absolute Gasteiger partial charge is 0.493 e.